The van der Waals surface area contributed by atoms with Crippen LogP contribution in [0.25, 0.3) is 5.69 Å². The largest absolute Gasteiger partial charge is 0.384 e. The van der Waals surface area contributed by atoms with Gasteiger partial charge in [0, 0.05) is 16.9 Å². The van der Waals surface area contributed by atoms with Crippen LogP contribution >= 0.6 is 0 Å². The number of aromatic nitrogens is 1. The molecule has 0 saturated heterocycles. The number of nitrogens with two attached hydrogens (primary N) is 2. The number of hydrogen-bond acceptors (Lipinski definition) is 3. The van der Waals surface area contributed by atoms with Gasteiger partial charge in [-0.15, -0.1) is 0 Å². The van der Waals surface area contributed by atoms with E-state index in [1.165, 1.54) is 0 Å². The lowest BCUT2D eigenvalue weighted by atomic mass is 10.2. The van der Waals surface area contributed by atoms with Crippen LogP contribution in [0.4, 0.5) is 5.82 Å². The highest BCUT2D eigenvalue weighted by Gasteiger charge is 2.16. The summed E-state index contributed by atoms with van der Waals surface area (Å²) in [7, 11) is 0. The summed E-state index contributed by atoms with van der Waals surface area (Å²) in [5.41, 5.74) is 14.7. The second kappa shape index (κ2) is 4.50. The summed E-state index contributed by atoms with van der Waals surface area (Å²) < 4.78 is 1.79. The van der Waals surface area contributed by atoms with Crippen molar-refractivity contribution in [1.82, 2.24) is 4.57 Å². The van der Waals surface area contributed by atoms with Crippen LogP contribution in [0.5, 0.6) is 0 Å². The highest BCUT2D eigenvalue weighted by Crippen LogP contribution is 2.27. The van der Waals surface area contributed by atoms with Gasteiger partial charge in [-0.2, -0.15) is 5.26 Å². The number of rotatable bonds is 2. The van der Waals surface area contributed by atoms with Gasteiger partial charge in [0.15, 0.2) is 0 Å². The predicted octanol–water partition coefficient (Wildman–Crippen LogP) is 1.65. The summed E-state index contributed by atoms with van der Waals surface area (Å²) in [6.45, 7) is 3.76. The molecule has 1 amide bonds. The lowest BCUT2D eigenvalue weighted by Crippen LogP contribution is -2.11. The van der Waals surface area contributed by atoms with E-state index in [0.29, 0.717) is 16.9 Å². The molecule has 0 atom stereocenters. The molecule has 1 aromatic carbocycles. The zero-order valence-electron chi connectivity index (χ0n) is 10.8. The van der Waals surface area contributed by atoms with Crippen LogP contribution in [0.15, 0.2) is 24.3 Å². The molecule has 4 N–H and O–H groups in total. The summed E-state index contributed by atoms with van der Waals surface area (Å²) in [6, 6.07) is 8.89. The molecule has 0 fully saturated rings. The molecule has 5 nitrogen and oxygen atoms in total. The second-order valence-corrected chi connectivity index (χ2v) is 4.33. The molecule has 2 aromatic rings. The number of hydrogen-bond donors (Lipinski definition) is 2. The number of carbonyl (C=O) groups excluding carboxylic acids is 1. The van der Waals surface area contributed by atoms with Crippen LogP contribution < -0.4 is 11.5 Å². The van der Waals surface area contributed by atoms with Crippen molar-refractivity contribution in [2.75, 3.05) is 5.73 Å². The van der Waals surface area contributed by atoms with Gasteiger partial charge in [0.2, 0.25) is 5.91 Å². The second-order valence-electron chi connectivity index (χ2n) is 4.33. The van der Waals surface area contributed by atoms with Gasteiger partial charge in [-0.1, -0.05) is 0 Å². The fourth-order valence-electron chi connectivity index (χ4n) is 2.08. The van der Waals surface area contributed by atoms with Crippen molar-refractivity contribution in [2.45, 2.75) is 13.8 Å². The molecule has 96 valence electrons. The Morgan fingerprint density at radius 3 is 2.26 bits per heavy atom. The standard InChI is InChI=1S/C14H14N4O/c1-8-9(2)18(13(16)12(8)7-15)11-5-3-10(4-6-11)14(17)19/h3-6H,16H2,1-2H3,(H2,17,19). The molecule has 19 heavy (non-hydrogen) atoms. The van der Waals surface area contributed by atoms with Crippen LogP contribution in [0.3, 0.4) is 0 Å². The quantitative estimate of drug-likeness (QED) is 0.852. The summed E-state index contributed by atoms with van der Waals surface area (Å²) >= 11 is 0. The van der Waals surface area contributed by atoms with Gasteiger partial charge < -0.3 is 11.5 Å². The first-order valence-corrected chi connectivity index (χ1v) is 5.75. The first-order chi connectivity index (χ1) is 8.97. The van der Waals surface area contributed by atoms with Gasteiger partial charge in [-0.3, -0.25) is 9.36 Å². The number of nitrogen functional groups attached to an aromatic ring is 1. The van der Waals surface area contributed by atoms with Crippen LogP contribution in [-0.4, -0.2) is 10.5 Å². The zero-order valence-corrected chi connectivity index (χ0v) is 10.8. The summed E-state index contributed by atoms with van der Waals surface area (Å²) in [5.74, 6) is -0.0676. The lowest BCUT2D eigenvalue weighted by molar-refractivity contribution is 0.100. The Labute approximate surface area is 111 Å². The number of anilines is 1. The third-order valence-corrected chi connectivity index (χ3v) is 3.27. The van der Waals surface area contributed by atoms with E-state index in [-0.39, 0.29) is 0 Å². The summed E-state index contributed by atoms with van der Waals surface area (Å²) in [6.07, 6.45) is 0. The molecule has 1 heterocycles. The molecule has 0 aliphatic carbocycles. The monoisotopic (exact) mass is 254 g/mol. The molecule has 0 aliphatic heterocycles. The van der Waals surface area contributed by atoms with Crippen molar-refractivity contribution in [2.24, 2.45) is 5.73 Å². The average Bonchev–Trinajstić information content (AvgIpc) is 2.60. The normalized spacial score (nSPS) is 10.2. The van der Waals surface area contributed by atoms with Gasteiger partial charge in [-0.05, 0) is 43.7 Å². The number of amides is 1. The highest BCUT2D eigenvalue weighted by atomic mass is 16.1. The molecule has 0 spiro atoms. The molecule has 0 unspecified atom stereocenters. The van der Waals surface area contributed by atoms with Crippen LogP contribution in [-0.2, 0) is 0 Å². The summed E-state index contributed by atoms with van der Waals surface area (Å²) in [4.78, 5) is 11.0. The van der Waals surface area contributed by atoms with Gasteiger partial charge in [0.25, 0.3) is 0 Å². The fraction of sp³-hybridized carbons (Fsp3) is 0.143. The molecule has 0 saturated carbocycles. The van der Waals surface area contributed by atoms with Crippen molar-refractivity contribution in [1.29, 1.82) is 5.26 Å². The molecule has 1 aromatic heterocycles. The van der Waals surface area contributed by atoms with E-state index < -0.39 is 5.91 Å². The maximum Gasteiger partial charge on any atom is 0.248 e. The van der Waals surface area contributed by atoms with E-state index in [9.17, 15) is 4.79 Å². The molecule has 0 bridgehead atoms. The molecular formula is C14H14N4O. The third kappa shape index (κ3) is 1.93. The van der Waals surface area contributed by atoms with Gasteiger partial charge >= 0.3 is 0 Å². The Morgan fingerprint density at radius 2 is 1.84 bits per heavy atom. The fourth-order valence-corrected chi connectivity index (χ4v) is 2.08. The predicted molar refractivity (Wildman–Crippen MR) is 72.9 cm³/mol. The Morgan fingerprint density at radius 1 is 1.26 bits per heavy atom. The molecule has 5 heteroatoms. The van der Waals surface area contributed by atoms with Gasteiger partial charge in [0.1, 0.15) is 11.9 Å². The van der Waals surface area contributed by atoms with Gasteiger partial charge in [0.05, 0.1) is 5.56 Å². The Bertz CT molecular complexity index is 690. The van der Waals surface area contributed by atoms with Crippen molar-refractivity contribution in [3.63, 3.8) is 0 Å². The number of nitriles is 1. The maximum atomic E-state index is 11.0. The van der Waals surface area contributed by atoms with Crippen molar-refractivity contribution < 1.29 is 4.79 Å². The maximum absolute atomic E-state index is 11.0. The summed E-state index contributed by atoms with van der Waals surface area (Å²) in [5, 5.41) is 9.10. The topological polar surface area (TPSA) is 97.8 Å². The van der Waals surface area contributed by atoms with E-state index in [4.69, 9.17) is 16.7 Å². The average molecular weight is 254 g/mol. The molecular weight excluding hydrogens is 240 g/mol. The first-order valence-electron chi connectivity index (χ1n) is 5.75. The minimum Gasteiger partial charge on any atom is -0.384 e. The van der Waals surface area contributed by atoms with Gasteiger partial charge in [-0.25, -0.2) is 0 Å². The Hall–Kier alpha value is -2.74. The highest BCUT2D eigenvalue weighted by molar-refractivity contribution is 5.92. The lowest BCUT2D eigenvalue weighted by Gasteiger charge is -2.09. The minimum absolute atomic E-state index is 0.407. The van der Waals surface area contributed by atoms with Crippen molar-refractivity contribution >= 4 is 11.7 Å². The van der Waals surface area contributed by atoms with Crippen LogP contribution in [0, 0.1) is 25.2 Å². The Balaban J connectivity index is 2.60. The van der Waals surface area contributed by atoms with Crippen molar-refractivity contribution in [3.05, 3.63) is 46.6 Å². The van der Waals surface area contributed by atoms with E-state index in [0.717, 1.165) is 16.9 Å². The third-order valence-electron chi connectivity index (χ3n) is 3.27. The van der Waals surface area contributed by atoms with Crippen LogP contribution in [0.2, 0.25) is 0 Å². The van der Waals surface area contributed by atoms with Crippen LogP contribution in [0.1, 0.15) is 27.2 Å². The van der Waals surface area contributed by atoms with E-state index in [1.54, 1.807) is 28.8 Å². The number of carbonyl (C=O) groups is 1. The SMILES string of the molecule is Cc1c(C#N)c(N)n(-c2ccc(C(N)=O)cc2)c1C. The molecule has 2 rings (SSSR count). The molecule has 0 radical (unpaired) electrons. The van der Waals surface area contributed by atoms with E-state index in [2.05, 4.69) is 6.07 Å². The Kier molecular flexibility index (Phi) is 3.01. The zero-order chi connectivity index (χ0) is 14.2. The molecule has 0 aliphatic rings. The smallest absolute Gasteiger partial charge is 0.248 e. The number of nitrogens with zero attached hydrogens (tertiary/aromatic N) is 2. The first kappa shape index (κ1) is 12.7. The van der Waals surface area contributed by atoms with E-state index >= 15 is 0 Å². The number of benzene rings is 1. The number of primary amides is 1. The minimum atomic E-state index is -0.474. The van der Waals surface area contributed by atoms with Crippen molar-refractivity contribution in [3.8, 4) is 11.8 Å². The van der Waals surface area contributed by atoms with E-state index in [1.807, 2.05) is 13.8 Å².